The van der Waals surface area contributed by atoms with E-state index in [1.54, 1.807) is 6.20 Å². The van der Waals surface area contributed by atoms with Gasteiger partial charge in [0.25, 0.3) is 5.91 Å². The van der Waals surface area contributed by atoms with Crippen LogP contribution in [0.25, 0.3) is 0 Å². The van der Waals surface area contributed by atoms with Crippen molar-refractivity contribution in [3.05, 3.63) is 23.9 Å². The van der Waals surface area contributed by atoms with Crippen molar-refractivity contribution in [1.82, 2.24) is 14.8 Å². The minimum atomic E-state index is 0.0617. The van der Waals surface area contributed by atoms with Crippen LogP contribution in [0.5, 0.6) is 0 Å². The van der Waals surface area contributed by atoms with Crippen molar-refractivity contribution in [2.24, 2.45) is 5.92 Å². The lowest BCUT2D eigenvalue weighted by molar-refractivity contribution is -0.135. The molecule has 3 heterocycles. The number of ether oxygens (including phenoxy) is 1. The van der Waals surface area contributed by atoms with Crippen LogP contribution in [0.2, 0.25) is 0 Å². The Balaban J connectivity index is 1.53. The molecule has 2 amide bonds. The zero-order valence-corrected chi connectivity index (χ0v) is 16.2. The van der Waals surface area contributed by atoms with E-state index in [1.807, 2.05) is 28.2 Å². The molecule has 2 fully saturated rings. The molecule has 0 saturated carbocycles. The number of aromatic nitrogens is 1. The molecule has 142 valence electrons. The quantitative estimate of drug-likeness (QED) is 0.737. The molecule has 3 rings (SSSR count). The summed E-state index contributed by atoms with van der Waals surface area (Å²) in [6.07, 6.45) is 7.16. The number of piperidine rings is 1. The summed E-state index contributed by atoms with van der Waals surface area (Å²) in [5.74, 6) is 0.674. The molecular weight excluding hydrogens is 350 g/mol. The molecule has 2 aliphatic rings. The van der Waals surface area contributed by atoms with Gasteiger partial charge in [-0.15, -0.1) is 11.8 Å². The molecule has 0 aliphatic carbocycles. The lowest BCUT2D eigenvalue weighted by atomic mass is 9.92. The van der Waals surface area contributed by atoms with Crippen LogP contribution >= 0.6 is 11.8 Å². The Labute approximate surface area is 159 Å². The Morgan fingerprint density at radius 3 is 2.85 bits per heavy atom. The highest BCUT2D eigenvalue weighted by Crippen LogP contribution is 2.25. The van der Waals surface area contributed by atoms with Crippen molar-refractivity contribution < 1.29 is 14.3 Å². The topological polar surface area (TPSA) is 62.7 Å². The van der Waals surface area contributed by atoms with E-state index in [0.717, 1.165) is 37.4 Å². The van der Waals surface area contributed by atoms with Crippen molar-refractivity contribution >= 4 is 23.6 Å². The molecule has 2 saturated heterocycles. The van der Waals surface area contributed by atoms with Gasteiger partial charge in [0.2, 0.25) is 5.91 Å². The summed E-state index contributed by atoms with van der Waals surface area (Å²) in [6.45, 7) is 4.20. The van der Waals surface area contributed by atoms with E-state index in [2.05, 4.69) is 4.98 Å². The van der Waals surface area contributed by atoms with Gasteiger partial charge >= 0.3 is 0 Å². The molecule has 1 atom stereocenters. The van der Waals surface area contributed by atoms with Crippen LogP contribution in [0.1, 0.15) is 36.0 Å². The number of likely N-dealkylation sites (tertiary alicyclic amines) is 1. The fourth-order valence-corrected chi connectivity index (χ4v) is 4.21. The van der Waals surface area contributed by atoms with E-state index in [9.17, 15) is 9.59 Å². The zero-order chi connectivity index (χ0) is 18.4. The van der Waals surface area contributed by atoms with E-state index in [0.29, 0.717) is 44.2 Å². The Bertz CT molecular complexity index is 634. The third-order valence-electron chi connectivity index (χ3n) is 5.13. The summed E-state index contributed by atoms with van der Waals surface area (Å²) in [5, 5.41) is 0.780. The molecule has 1 aromatic heterocycles. The minimum absolute atomic E-state index is 0.0617. The van der Waals surface area contributed by atoms with Gasteiger partial charge in [0.05, 0.1) is 18.8 Å². The first-order valence-corrected chi connectivity index (χ1v) is 10.6. The minimum Gasteiger partial charge on any atom is -0.378 e. The number of pyridine rings is 1. The molecule has 0 spiro atoms. The standard InChI is InChI=1S/C19H27N3O3S/c1-26-18-16(5-2-8-20-18)19(24)22-9-3-4-15(14-22)6-7-17(23)21-10-12-25-13-11-21/h2,5,8,15H,3-4,6-7,9-14H2,1H3. The Kier molecular flexibility index (Phi) is 6.91. The van der Waals surface area contributed by atoms with Gasteiger partial charge in [0, 0.05) is 38.8 Å². The fourth-order valence-electron chi connectivity index (χ4n) is 3.67. The van der Waals surface area contributed by atoms with Gasteiger partial charge < -0.3 is 14.5 Å². The van der Waals surface area contributed by atoms with Gasteiger partial charge in [0.15, 0.2) is 0 Å². The molecule has 0 aromatic carbocycles. The normalized spacial score (nSPS) is 20.9. The van der Waals surface area contributed by atoms with Crippen molar-refractivity contribution in [2.45, 2.75) is 30.7 Å². The molecule has 0 bridgehead atoms. The molecule has 0 N–H and O–H groups in total. The molecule has 1 unspecified atom stereocenters. The maximum absolute atomic E-state index is 12.9. The molecule has 6 nitrogen and oxygen atoms in total. The Hall–Kier alpha value is -1.60. The van der Waals surface area contributed by atoms with Crippen molar-refractivity contribution in [3.8, 4) is 0 Å². The number of hydrogen-bond acceptors (Lipinski definition) is 5. The maximum atomic E-state index is 12.9. The average Bonchev–Trinajstić information content (AvgIpc) is 2.72. The second kappa shape index (κ2) is 9.37. The SMILES string of the molecule is CSc1ncccc1C(=O)N1CCCC(CCC(=O)N2CCOCC2)C1. The van der Waals surface area contributed by atoms with E-state index < -0.39 is 0 Å². The van der Waals surface area contributed by atoms with Crippen LogP contribution in [-0.2, 0) is 9.53 Å². The summed E-state index contributed by atoms with van der Waals surface area (Å²) in [6, 6.07) is 3.67. The number of hydrogen-bond donors (Lipinski definition) is 0. The van der Waals surface area contributed by atoms with Gasteiger partial charge in [-0.2, -0.15) is 0 Å². The first-order valence-electron chi connectivity index (χ1n) is 9.33. The summed E-state index contributed by atoms with van der Waals surface area (Å²) in [5.41, 5.74) is 0.685. The van der Waals surface area contributed by atoms with E-state index in [4.69, 9.17) is 4.74 Å². The molecule has 2 aliphatic heterocycles. The van der Waals surface area contributed by atoms with Gasteiger partial charge in [-0.05, 0) is 43.6 Å². The van der Waals surface area contributed by atoms with Crippen LogP contribution in [-0.4, -0.2) is 72.2 Å². The number of thioether (sulfide) groups is 1. The largest absolute Gasteiger partial charge is 0.378 e. The maximum Gasteiger partial charge on any atom is 0.256 e. The number of morpholine rings is 1. The molecular formula is C19H27N3O3S. The van der Waals surface area contributed by atoms with E-state index >= 15 is 0 Å². The third kappa shape index (κ3) is 4.76. The fraction of sp³-hybridized carbons (Fsp3) is 0.632. The van der Waals surface area contributed by atoms with Crippen molar-refractivity contribution in [2.75, 3.05) is 45.6 Å². The third-order valence-corrected chi connectivity index (χ3v) is 5.84. The lowest BCUT2D eigenvalue weighted by Gasteiger charge is -2.33. The van der Waals surface area contributed by atoms with Gasteiger partial charge in [-0.1, -0.05) is 0 Å². The molecule has 7 heteroatoms. The summed E-state index contributed by atoms with van der Waals surface area (Å²) >= 11 is 1.50. The number of rotatable bonds is 5. The Morgan fingerprint density at radius 2 is 2.08 bits per heavy atom. The first kappa shape index (κ1) is 19.2. The highest BCUT2D eigenvalue weighted by atomic mass is 32.2. The van der Waals surface area contributed by atoms with Crippen LogP contribution in [0.3, 0.4) is 0 Å². The smallest absolute Gasteiger partial charge is 0.256 e. The number of nitrogens with zero attached hydrogens (tertiary/aromatic N) is 3. The lowest BCUT2D eigenvalue weighted by Crippen LogP contribution is -2.42. The van der Waals surface area contributed by atoms with Gasteiger partial charge in [-0.25, -0.2) is 4.98 Å². The van der Waals surface area contributed by atoms with Gasteiger partial charge in [-0.3, -0.25) is 9.59 Å². The van der Waals surface area contributed by atoms with Crippen molar-refractivity contribution in [1.29, 1.82) is 0 Å². The van der Waals surface area contributed by atoms with Gasteiger partial charge in [0.1, 0.15) is 5.03 Å². The van der Waals surface area contributed by atoms with Crippen LogP contribution in [0.4, 0.5) is 0 Å². The second-order valence-corrected chi connectivity index (χ2v) is 7.65. The summed E-state index contributed by atoms with van der Waals surface area (Å²) in [4.78, 5) is 33.4. The molecule has 26 heavy (non-hydrogen) atoms. The number of amides is 2. The molecule has 0 radical (unpaired) electrons. The number of carbonyl (C=O) groups excluding carboxylic acids is 2. The second-order valence-electron chi connectivity index (χ2n) is 6.85. The molecule has 1 aromatic rings. The zero-order valence-electron chi connectivity index (χ0n) is 15.4. The van der Waals surface area contributed by atoms with Crippen molar-refractivity contribution in [3.63, 3.8) is 0 Å². The number of carbonyl (C=O) groups is 2. The predicted octanol–water partition coefficient (Wildman–Crippen LogP) is 2.29. The first-order chi connectivity index (χ1) is 12.7. The monoisotopic (exact) mass is 377 g/mol. The highest BCUT2D eigenvalue weighted by Gasteiger charge is 2.27. The van der Waals surface area contributed by atoms with Crippen LogP contribution in [0.15, 0.2) is 23.4 Å². The summed E-state index contributed by atoms with van der Waals surface area (Å²) in [7, 11) is 0. The van der Waals surface area contributed by atoms with E-state index in [-0.39, 0.29) is 11.8 Å². The van der Waals surface area contributed by atoms with E-state index in [1.165, 1.54) is 11.8 Å². The summed E-state index contributed by atoms with van der Waals surface area (Å²) < 4.78 is 5.30. The van der Waals surface area contributed by atoms with Crippen LogP contribution in [0, 0.1) is 5.92 Å². The highest BCUT2D eigenvalue weighted by molar-refractivity contribution is 7.98. The van der Waals surface area contributed by atoms with Crippen LogP contribution < -0.4 is 0 Å². The average molecular weight is 378 g/mol. The Morgan fingerprint density at radius 1 is 1.27 bits per heavy atom. The predicted molar refractivity (Wildman–Crippen MR) is 101 cm³/mol.